The summed E-state index contributed by atoms with van der Waals surface area (Å²) in [6.45, 7) is 5.48. The van der Waals surface area contributed by atoms with E-state index >= 15 is 0 Å². The molecule has 0 spiro atoms. The third-order valence-corrected chi connectivity index (χ3v) is 2.87. The number of hydrogen-bond donors (Lipinski definition) is 2. The standard InChI is InChI=1S/C12H23NO3/c1-12(2,3)16-11(15)13-10(8-14)9-6-4-5-7-9/h9-10,14H,4-8H2,1-3H3,(H,13,15). The first kappa shape index (κ1) is 13.3. The monoisotopic (exact) mass is 229 g/mol. The van der Waals surface area contributed by atoms with Gasteiger partial charge in [-0.25, -0.2) is 4.79 Å². The van der Waals surface area contributed by atoms with Crippen LogP contribution in [0.5, 0.6) is 0 Å². The van der Waals surface area contributed by atoms with Crippen molar-refractivity contribution in [2.24, 2.45) is 5.92 Å². The van der Waals surface area contributed by atoms with Crippen LogP contribution < -0.4 is 5.32 Å². The van der Waals surface area contributed by atoms with Crippen molar-refractivity contribution in [1.82, 2.24) is 5.32 Å². The van der Waals surface area contributed by atoms with Gasteiger partial charge in [0.2, 0.25) is 0 Å². The molecule has 1 aliphatic carbocycles. The maximum atomic E-state index is 11.5. The lowest BCUT2D eigenvalue weighted by Gasteiger charge is -2.25. The molecule has 4 nitrogen and oxygen atoms in total. The lowest BCUT2D eigenvalue weighted by molar-refractivity contribution is 0.0455. The minimum Gasteiger partial charge on any atom is -0.444 e. The number of rotatable bonds is 3. The normalized spacial score (nSPS) is 19.5. The summed E-state index contributed by atoms with van der Waals surface area (Å²) in [5, 5.41) is 12.0. The van der Waals surface area contributed by atoms with Crippen molar-refractivity contribution < 1.29 is 14.6 Å². The van der Waals surface area contributed by atoms with Gasteiger partial charge in [-0.05, 0) is 39.5 Å². The van der Waals surface area contributed by atoms with E-state index in [-0.39, 0.29) is 12.6 Å². The van der Waals surface area contributed by atoms with Gasteiger partial charge >= 0.3 is 6.09 Å². The largest absolute Gasteiger partial charge is 0.444 e. The molecular weight excluding hydrogens is 206 g/mol. The fourth-order valence-corrected chi connectivity index (χ4v) is 2.13. The molecule has 94 valence electrons. The fraction of sp³-hybridized carbons (Fsp3) is 0.917. The van der Waals surface area contributed by atoms with Gasteiger partial charge in [-0.2, -0.15) is 0 Å². The van der Waals surface area contributed by atoms with Crippen molar-refractivity contribution in [3.63, 3.8) is 0 Å². The summed E-state index contributed by atoms with van der Waals surface area (Å²) in [4.78, 5) is 11.5. The van der Waals surface area contributed by atoms with Gasteiger partial charge in [0.1, 0.15) is 5.60 Å². The average molecular weight is 229 g/mol. The molecule has 0 aromatic carbocycles. The number of ether oxygens (including phenoxy) is 1. The Labute approximate surface area is 97.4 Å². The quantitative estimate of drug-likeness (QED) is 0.778. The molecule has 1 amide bonds. The zero-order valence-electron chi connectivity index (χ0n) is 10.5. The van der Waals surface area contributed by atoms with Crippen molar-refractivity contribution in [3.8, 4) is 0 Å². The number of carbonyl (C=O) groups excluding carboxylic acids is 1. The summed E-state index contributed by atoms with van der Waals surface area (Å²) in [5.41, 5.74) is -0.486. The highest BCUT2D eigenvalue weighted by atomic mass is 16.6. The number of nitrogens with one attached hydrogen (secondary N) is 1. The molecule has 0 aromatic rings. The van der Waals surface area contributed by atoms with Gasteiger partial charge in [0.25, 0.3) is 0 Å². The van der Waals surface area contributed by atoms with Crippen LogP contribution in [0.1, 0.15) is 46.5 Å². The SMILES string of the molecule is CC(C)(C)OC(=O)NC(CO)C1CCCC1. The molecule has 1 atom stereocenters. The van der Waals surface area contributed by atoms with Crippen molar-refractivity contribution in [2.45, 2.75) is 58.1 Å². The number of alkyl carbamates (subject to hydrolysis) is 1. The minimum atomic E-state index is -0.486. The van der Waals surface area contributed by atoms with Gasteiger partial charge in [-0.1, -0.05) is 12.8 Å². The van der Waals surface area contributed by atoms with E-state index in [1.165, 1.54) is 12.8 Å². The van der Waals surface area contributed by atoms with Gasteiger partial charge in [-0.15, -0.1) is 0 Å². The molecule has 1 aliphatic rings. The van der Waals surface area contributed by atoms with Crippen LogP contribution in [0.3, 0.4) is 0 Å². The molecule has 4 heteroatoms. The molecule has 1 saturated carbocycles. The number of hydrogen-bond acceptors (Lipinski definition) is 3. The molecule has 0 aliphatic heterocycles. The van der Waals surface area contributed by atoms with Crippen LogP contribution in [0.25, 0.3) is 0 Å². The summed E-state index contributed by atoms with van der Waals surface area (Å²) < 4.78 is 5.17. The van der Waals surface area contributed by atoms with Crippen LogP contribution >= 0.6 is 0 Å². The molecule has 0 bridgehead atoms. The Kier molecular flexibility index (Phi) is 4.59. The second-order valence-corrected chi connectivity index (χ2v) is 5.48. The zero-order chi connectivity index (χ0) is 12.2. The van der Waals surface area contributed by atoms with Gasteiger partial charge in [0.05, 0.1) is 12.6 Å². The van der Waals surface area contributed by atoms with E-state index in [1.54, 1.807) is 0 Å². The third-order valence-electron chi connectivity index (χ3n) is 2.87. The Morgan fingerprint density at radius 2 is 2.00 bits per heavy atom. The fourth-order valence-electron chi connectivity index (χ4n) is 2.13. The molecule has 0 heterocycles. The van der Waals surface area contributed by atoms with E-state index in [1.807, 2.05) is 20.8 Å². The zero-order valence-corrected chi connectivity index (χ0v) is 10.5. The lowest BCUT2D eigenvalue weighted by Crippen LogP contribution is -2.44. The van der Waals surface area contributed by atoms with Crippen molar-refractivity contribution in [1.29, 1.82) is 0 Å². The summed E-state index contributed by atoms with van der Waals surface area (Å²) in [6.07, 6.45) is 4.12. The average Bonchev–Trinajstić information content (AvgIpc) is 2.63. The Morgan fingerprint density at radius 3 is 2.44 bits per heavy atom. The van der Waals surface area contributed by atoms with E-state index in [4.69, 9.17) is 4.74 Å². The predicted octanol–water partition coefficient (Wildman–Crippen LogP) is 2.06. The van der Waals surface area contributed by atoms with Crippen molar-refractivity contribution >= 4 is 6.09 Å². The first-order valence-corrected chi connectivity index (χ1v) is 6.03. The molecule has 1 fully saturated rings. The Hall–Kier alpha value is -0.770. The molecule has 1 unspecified atom stereocenters. The van der Waals surface area contributed by atoms with Crippen LogP contribution in [0.2, 0.25) is 0 Å². The Bertz CT molecular complexity index is 229. The van der Waals surface area contributed by atoms with Crippen molar-refractivity contribution in [2.75, 3.05) is 6.61 Å². The topological polar surface area (TPSA) is 58.6 Å². The maximum Gasteiger partial charge on any atom is 0.407 e. The predicted molar refractivity (Wildman–Crippen MR) is 62.2 cm³/mol. The van der Waals surface area contributed by atoms with E-state index in [0.717, 1.165) is 12.8 Å². The first-order chi connectivity index (χ1) is 7.42. The Balaban J connectivity index is 2.40. The summed E-state index contributed by atoms with van der Waals surface area (Å²) in [7, 11) is 0. The van der Waals surface area contributed by atoms with E-state index in [9.17, 15) is 9.90 Å². The molecule has 2 N–H and O–H groups in total. The van der Waals surface area contributed by atoms with Gasteiger partial charge in [0.15, 0.2) is 0 Å². The van der Waals surface area contributed by atoms with Gasteiger partial charge in [-0.3, -0.25) is 0 Å². The van der Waals surface area contributed by atoms with Crippen LogP contribution in [0.15, 0.2) is 0 Å². The maximum absolute atomic E-state index is 11.5. The molecular formula is C12H23NO3. The van der Waals surface area contributed by atoms with Crippen LogP contribution in [0, 0.1) is 5.92 Å². The van der Waals surface area contributed by atoms with E-state index in [2.05, 4.69) is 5.32 Å². The van der Waals surface area contributed by atoms with Crippen LogP contribution in [-0.4, -0.2) is 29.4 Å². The summed E-state index contributed by atoms with van der Waals surface area (Å²) >= 11 is 0. The van der Waals surface area contributed by atoms with Crippen LogP contribution in [-0.2, 0) is 4.74 Å². The number of aliphatic hydroxyl groups is 1. The van der Waals surface area contributed by atoms with Gasteiger partial charge < -0.3 is 15.2 Å². The lowest BCUT2D eigenvalue weighted by atomic mass is 9.99. The molecule has 1 rings (SSSR count). The number of carbonyl (C=O) groups is 1. The second kappa shape index (κ2) is 5.53. The van der Waals surface area contributed by atoms with Crippen molar-refractivity contribution in [3.05, 3.63) is 0 Å². The highest BCUT2D eigenvalue weighted by molar-refractivity contribution is 5.68. The number of aliphatic hydroxyl groups excluding tert-OH is 1. The number of amides is 1. The van der Waals surface area contributed by atoms with E-state index < -0.39 is 11.7 Å². The van der Waals surface area contributed by atoms with E-state index in [0.29, 0.717) is 5.92 Å². The Morgan fingerprint density at radius 1 is 1.44 bits per heavy atom. The molecule has 16 heavy (non-hydrogen) atoms. The molecule has 0 radical (unpaired) electrons. The third kappa shape index (κ3) is 4.39. The second-order valence-electron chi connectivity index (χ2n) is 5.48. The molecule has 0 aromatic heterocycles. The smallest absolute Gasteiger partial charge is 0.407 e. The minimum absolute atomic E-state index is 0.0100. The summed E-state index contributed by atoms with van der Waals surface area (Å²) in [5.74, 6) is 0.400. The first-order valence-electron chi connectivity index (χ1n) is 6.03. The highest BCUT2D eigenvalue weighted by Crippen LogP contribution is 2.27. The molecule has 0 saturated heterocycles. The van der Waals surface area contributed by atoms with Crippen LogP contribution in [0.4, 0.5) is 4.79 Å². The van der Waals surface area contributed by atoms with Gasteiger partial charge in [0, 0.05) is 0 Å². The summed E-state index contributed by atoms with van der Waals surface area (Å²) in [6, 6.07) is -0.155. The highest BCUT2D eigenvalue weighted by Gasteiger charge is 2.27.